The number of amides is 1. The van der Waals surface area contributed by atoms with Crippen LogP contribution in [-0.4, -0.2) is 32.8 Å². The zero-order valence-corrected chi connectivity index (χ0v) is 16.0. The van der Waals surface area contributed by atoms with Crippen LogP contribution in [0.2, 0.25) is 5.02 Å². The summed E-state index contributed by atoms with van der Waals surface area (Å²) in [5.41, 5.74) is 1.57. The third kappa shape index (κ3) is 4.40. The maximum absolute atomic E-state index is 12.7. The molecule has 1 amide bonds. The summed E-state index contributed by atoms with van der Waals surface area (Å²) < 4.78 is 0. The van der Waals surface area contributed by atoms with Crippen molar-refractivity contribution in [3.63, 3.8) is 0 Å². The quantitative estimate of drug-likeness (QED) is 0.450. The number of thioether (sulfide) groups is 1. The summed E-state index contributed by atoms with van der Waals surface area (Å²) in [5.74, 6) is 0.973. The van der Waals surface area contributed by atoms with Gasteiger partial charge in [0, 0.05) is 12.1 Å². The predicted octanol–water partition coefficient (Wildman–Crippen LogP) is 4.35. The van der Waals surface area contributed by atoms with Crippen molar-refractivity contribution < 1.29 is 9.72 Å². The van der Waals surface area contributed by atoms with Crippen LogP contribution in [0.3, 0.4) is 0 Å². The molecule has 0 fully saturated rings. The molecule has 0 saturated carbocycles. The van der Waals surface area contributed by atoms with Crippen LogP contribution in [0.5, 0.6) is 0 Å². The Morgan fingerprint density at radius 3 is 2.85 bits per heavy atom. The van der Waals surface area contributed by atoms with E-state index in [2.05, 4.69) is 15.3 Å². The number of H-pyrrole nitrogens is 1. The van der Waals surface area contributed by atoms with Crippen LogP contribution < -0.4 is 5.32 Å². The van der Waals surface area contributed by atoms with Gasteiger partial charge in [-0.15, -0.1) is 0 Å². The number of nitro groups is 1. The number of rotatable bonds is 7. The van der Waals surface area contributed by atoms with Gasteiger partial charge in [0.15, 0.2) is 0 Å². The fraction of sp³-hybridized carbons (Fsp3) is 0.222. The van der Waals surface area contributed by atoms with Gasteiger partial charge in [0.1, 0.15) is 5.82 Å². The molecule has 9 heteroatoms. The van der Waals surface area contributed by atoms with E-state index in [-0.39, 0.29) is 22.3 Å². The number of aromatic amines is 1. The second-order valence-corrected chi connectivity index (χ2v) is 7.26. The van der Waals surface area contributed by atoms with Gasteiger partial charge in [0.25, 0.3) is 11.6 Å². The average Bonchev–Trinajstić information content (AvgIpc) is 3.09. The van der Waals surface area contributed by atoms with E-state index in [4.69, 9.17) is 11.6 Å². The van der Waals surface area contributed by atoms with Gasteiger partial charge >= 0.3 is 0 Å². The number of aromatic nitrogens is 2. The van der Waals surface area contributed by atoms with E-state index in [1.165, 1.54) is 18.2 Å². The summed E-state index contributed by atoms with van der Waals surface area (Å²) in [6.45, 7) is 0. The lowest BCUT2D eigenvalue weighted by Crippen LogP contribution is -2.30. The minimum Gasteiger partial charge on any atom is -0.342 e. The number of hydrogen-bond donors (Lipinski definition) is 2. The number of benzene rings is 2. The molecule has 140 valence electrons. The van der Waals surface area contributed by atoms with E-state index in [1.54, 1.807) is 11.8 Å². The Morgan fingerprint density at radius 2 is 2.15 bits per heavy atom. The molecule has 7 nitrogen and oxygen atoms in total. The minimum absolute atomic E-state index is 0.0659. The number of nitro benzene ring substituents is 1. The van der Waals surface area contributed by atoms with Gasteiger partial charge in [-0.1, -0.05) is 23.7 Å². The normalized spacial score (nSPS) is 12.1. The molecule has 0 bridgehead atoms. The highest BCUT2D eigenvalue weighted by Gasteiger charge is 2.22. The van der Waals surface area contributed by atoms with Crippen molar-refractivity contribution in [1.82, 2.24) is 15.3 Å². The Balaban J connectivity index is 1.89. The van der Waals surface area contributed by atoms with Gasteiger partial charge < -0.3 is 10.3 Å². The topological polar surface area (TPSA) is 101 Å². The number of nitrogens with one attached hydrogen (secondary N) is 2. The Labute approximate surface area is 164 Å². The maximum Gasteiger partial charge on any atom is 0.270 e. The number of non-ortho nitro benzene ring substituents is 1. The van der Waals surface area contributed by atoms with E-state index >= 15 is 0 Å². The van der Waals surface area contributed by atoms with E-state index < -0.39 is 10.8 Å². The molecular formula is C18H17ClN4O3S. The zero-order chi connectivity index (χ0) is 19.4. The molecule has 3 aromatic rings. The largest absolute Gasteiger partial charge is 0.342 e. The number of para-hydroxylation sites is 2. The highest BCUT2D eigenvalue weighted by atomic mass is 35.5. The first-order chi connectivity index (χ1) is 13.0. The molecule has 0 saturated heterocycles. The van der Waals surface area contributed by atoms with Crippen LogP contribution in [0.1, 0.15) is 28.6 Å². The summed E-state index contributed by atoms with van der Waals surface area (Å²) in [7, 11) is 0. The number of halogens is 1. The van der Waals surface area contributed by atoms with Crippen molar-refractivity contribution in [3.05, 3.63) is 69.0 Å². The summed E-state index contributed by atoms with van der Waals surface area (Å²) >= 11 is 7.74. The summed E-state index contributed by atoms with van der Waals surface area (Å²) in [5, 5.41) is 14.0. The highest BCUT2D eigenvalue weighted by molar-refractivity contribution is 7.98. The van der Waals surface area contributed by atoms with Crippen LogP contribution in [0.25, 0.3) is 11.0 Å². The molecule has 2 aromatic carbocycles. The monoisotopic (exact) mass is 404 g/mol. The second kappa shape index (κ2) is 8.41. The van der Waals surface area contributed by atoms with Crippen LogP contribution in [0.4, 0.5) is 5.69 Å². The molecule has 27 heavy (non-hydrogen) atoms. The van der Waals surface area contributed by atoms with Crippen LogP contribution in [0, 0.1) is 10.1 Å². The third-order valence-corrected chi connectivity index (χ3v) is 5.03. The van der Waals surface area contributed by atoms with Gasteiger partial charge in [0.05, 0.1) is 32.6 Å². The highest BCUT2D eigenvalue weighted by Crippen LogP contribution is 2.25. The number of nitrogens with zero attached hydrogens (tertiary/aromatic N) is 2. The molecule has 2 N–H and O–H groups in total. The molecule has 0 aliphatic heterocycles. The van der Waals surface area contributed by atoms with E-state index in [0.29, 0.717) is 12.2 Å². The van der Waals surface area contributed by atoms with E-state index in [9.17, 15) is 14.9 Å². The van der Waals surface area contributed by atoms with Gasteiger partial charge in [-0.25, -0.2) is 4.98 Å². The van der Waals surface area contributed by atoms with E-state index in [0.717, 1.165) is 16.8 Å². The van der Waals surface area contributed by atoms with E-state index in [1.807, 2.05) is 30.5 Å². The van der Waals surface area contributed by atoms with Gasteiger partial charge in [-0.2, -0.15) is 11.8 Å². The molecule has 0 aliphatic rings. The SMILES string of the molecule is CSCC[C@@H](NC(=O)c1cc([N+](=O)[O-])ccc1Cl)c1nc2ccccc2[nH]1. The zero-order valence-electron chi connectivity index (χ0n) is 14.4. The van der Waals surface area contributed by atoms with Crippen molar-refractivity contribution in [1.29, 1.82) is 0 Å². The third-order valence-electron chi connectivity index (χ3n) is 4.06. The molecule has 0 aliphatic carbocycles. The number of imidazole rings is 1. The summed E-state index contributed by atoms with van der Waals surface area (Å²) in [6.07, 6.45) is 2.63. The van der Waals surface area contributed by atoms with Crippen LogP contribution in [-0.2, 0) is 0 Å². The summed E-state index contributed by atoms with van der Waals surface area (Å²) in [4.78, 5) is 31.0. The lowest BCUT2D eigenvalue weighted by atomic mass is 10.1. The molecule has 0 radical (unpaired) electrons. The van der Waals surface area contributed by atoms with Crippen molar-refractivity contribution in [3.8, 4) is 0 Å². The number of carbonyl (C=O) groups is 1. The molecule has 1 aromatic heterocycles. The number of hydrogen-bond acceptors (Lipinski definition) is 5. The molecule has 1 heterocycles. The number of fused-ring (bicyclic) bond motifs is 1. The first-order valence-corrected chi connectivity index (χ1v) is 9.95. The van der Waals surface area contributed by atoms with Gasteiger partial charge in [-0.05, 0) is 36.6 Å². The minimum atomic E-state index is -0.558. The lowest BCUT2D eigenvalue weighted by Gasteiger charge is -2.16. The Kier molecular flexibility index (Phi) is 5.98. The summed E-state index contributed by atoms with van der Waals surface area (Å²) in [6, 6.07) is 11.0. The molecule has 1 atom stereocenters. The molecule has 0 spiro atoms. The fourth-order valence-electron chi connectivity index (χ4n) is 2.69. The Morgan fingerprint density at radius 1 is 1.37 bits per heavy atom. The second-order valence-electron chi connectivity index (χ2n) is 5.87. The first kappa shape index (κ1) is 19.2. The molecule has 0 unspecified atom stereocenters. The van der Waals surface area contributed by atoms with Crippen molar-refractivity contribution in [2.45, 2.75) is 12.5 Å². The Hall–Kier alpha value is -2.58. The van der Waals surface area contributed by atoms with Gasteiger partial charge in [0.2, 0.25) is 0 Å². The lowest BCUT2D eigenvalue weighted by molar-refractivity contribution is -0.384. The van der Waals surface area contributed by atoms with Crippen molar-refractivity contribution in [2.75, 3.05) is 12.0 Å². The van der Waals surface area contributed by atoms with Crippen molar-refractivity contribution >= 4 is 46.0 Å². The molecular weight excluding hydrogens is 388 g/mol. The standard InChI is InChI=1S/C18H17ClN4O3S/c1-27-9-8-16(17-20-14-4-2-3-5-15(14)21-17)22-18(24)12-10-11(23(25)26)6-7-13(12)19/h2-7,10,16H,8-9H2,1H3,(H,20,21)(H,22,24)/t16-/m1/s1. The number of carbonyl (C=O) groups excluding carboxylic acids is 1. The fourth-order valence-corrected chi connectivity index (χ4v) is 3.36. The average molecular weight is 405 g/mol. The maximum atomic E-state index is 12.7. The Bertz CT molecular complexity index is 959. The van der Waals surface area contributed by atoms with Crippen LogP contribution >= 0.6 is 23.4 Å². The van der Waals surface area contributed by atoms with Crippen molar-refractivity contribution in [2.24, 2.45) is 0 Å². The smallest absolute Gasteiger partial charge is 0.270 e. The van der Waals surface area contributed by atoms with Crippen LogP contribution in [0.15, 0.2) is 42.5 Å². The molecule has 3 rings (SSSR count). The first-order valence-electron chi connectivity index (χ1n) is 8.18. The van der Waals surface area contributed by atoms with Gasteiger partial charge in [-0.3, -0.25) is 14.9 Å². The predicted molar refractivity (Wildman–Crippen MR) is 107 cm³/mol.